The van der Waals surface area contributed by atoms with Crippen LogP contribution in [-0.4, -0.2) is 43.9 Å². The van der Waals surface area contributed by atoms with Gasteiger partial charge in [-0.05, 0) is 20.2 Å². The topological polar surface area (TPSA) is 61.4 Å². The van der Waals surface area contributed by atoms with Gasteiger partial charge < -0.3 is 10.6 Å². The summed E-state index contributed by atoms with van der Waals surface area (Å²) in [7, 11) is 3.44. The molecule has 0 aliphatic heterocycles. The minimum atomic E-state index is -0.706. The molecule has 122 valence electrons. The van der Waals surface area contributed by atoms with Gasteiger partial charge in [-0.3, -0.25) is 14.5 Å². The Morgan fingerprint density at radius 3 is 2.14 bits per heavy atom. The molecule has 22 heavy (non-hydrogen) atoms. The molecule has 1 aromatic carbocycles. The third-order valence-electron chi connectivity index (χ3n) is 3.21. The number of hydrogen-bond acceptors (Lipinski definition) is 3. The first-order valence-corrected chi connectivity index (χ1v) is 7.31. The molecule has 0 aliphatic carbocycles. The van der Waals surface area contributed by atoms with Crippen LogP contribution in [0.1, 0.15) is 25.5 Å². The van der Waals surface area contributed by atoms with E-state index in [9.17, 15) is 14.0 Å². The third-order valence-corrected chi connectivity index (χ3v) is 3.21. The second kappa shape index (κ2) is 8.48. The number of halogens is 1. The van der Waals surface area contributed by atoms with E-state index in [1.54, 1.807) is 51.0 Å². The van der Waals surface area contributed by atoms with Gasteiger partial charge in [-0.25, -0.2) is 4.39 Å². The van der Waals surface area contributed by atoms with Crippen LogP contribution in [0.15, 0.2) is 24.3 Å². The van der Waals surface area contributed by atoms with E-state index in [0.29, 0.717) is 18.7 Å². The Labute approximate surface area is 130 Å². The van der Waals surface area contributed by atoms with Crippen LogP contribution in [0.2, 0.25) is 0 Å². The Morgan fingerprint density at radius 2 is 1.64 bits per heavy atom. The molecular formula is C16H24FN3O2. The van der Waals surface area contributed by atoms with Crippen molar-refractivity contribution in [2.75, 3.05) is 27.2 Å². The van der Waals surface area contributed by atoms with Crippen molar-refractivity contribution >= 4 is 11.8 Å². The van der Waals surface area contributed by atoms with Gasteiger partial charge in [0.05, 0.1) is 0 Å². The molecule has 0 heterocycles. The molecule has 1 rings (SSSR count). The van der Waals surface area contributed by atoms with E-state index in [-0.39, 0.29) is 17.7 Å². The van der Waals surface area contributed by atoms with Crippen molar-refractivity contribution < 1.29 is 14.0 Å². The van der Waals surface area contributed by atoms with E-state index >= 15 is 0 Å². The lowest BCUT2D eigenvalue weighted by atomic mass is 10.0. The Morgan fingerprint density at radius 1 is 1.09 bits per heavy atom. The lowest BCUT2D eigenvalue weighted by Gasteiger charge is -2.24. The van der Waals surface area contributed by atoms with Crippen molar-refractivity contribution in [2.24, 2.45) is 5.92 Å². The average Bonchev–Trinajstić information content (AvgIpc) is 2.45. The molecule has 0 unspecified atom stereocenters. The number of nitrogens with one attached hydrogen (secondary N) is 2. The van der Waals surface area contributed by atoms with Gasteiger partial charge in [-0.1, -0.05) is 32.0 Å². The van der Waals surface area contributed by atoms with E-state index in [2.05, 4.69) is 10.6 Å². The smallest absolute Gasteiger partial charge is 0.242 e. The van der Waals surface area contributed by atoms with Gasteiger partial charge in [0.25, 0.3) is 0 Å². The van der Waals surface area contributed by atoms with E-state index in [1.807, 2.05) is 0 Å². The second-order valence-corrected chi connectivity index (χ2v) is 5.62. The lowest BCUT2D eigenvalue weighted by molar-refractivity contribution is -0.127. The molecule has 6 heteroatoms. The zero-order valence-electron chi connectivity index (χ0n) is 13.5. The van der Waals surface area contributed by atoms with Crippen molar-refractivity contribution in [3.8, 4) is 0 Å². The van der Waals surface area contributed by atoms with E-state index in [1.165, 1.54) is 6.07 Å². The minimum absolute atomic E-state index is 0.0625. The Balaban J connectivity index is 2.61. The van der Waals surface area contributed by atoms with Crippen LogP contribution in [0.4, 0.5) is 4.39 Å². The van der Waals surface area contributed by atoms with Crippen LogP contribution in [0.5, 0.6) is 0 Å². The molecule has 5 nitrogen and oxygen atoms in total. The van der Waals surface area contributed by atoms with Gasteiger partial charge in [0, 0.05) is 24.6 Å². The Kier molecular flexibility index (Phi) is 6.98. The van der Waals surface area contributed by atoms with Gasteiger partial charge in [0.1, 0.15) is 11.9 Å². The van der Waals surface area contributed by atoms with Crippen molar-refractivity contribution in [3.63, 3.8) is 0 Å². The van der Waals surface area contributed by atoms with Gasteiger partial charge >= 0.3 is 0 Å². The largest absolute Gasteiger partial charge is 0.354 e. The highest BCUT2D eigenvalue weighted by Gasteiger charge is 2.25. The van der Waals surface area contributed by atoms with E-state index < -0.39 is 11.9 Å². The quantitative estimate of drug-likeness (QED) is 0.747. The highest BCUT2D eigenvalue weighted by atomic mass is 19.1. The number of rotatable bonds is 7. The van der Waals surface area contributed by atoms with Crippen molar-refractivity contribution in [1.29, 1.82) is 0 Å². The number of hydrogen-bond donors (Lipinski definition) is 2. The van der Waals surface area contributed by atoms with Gasteiger partial charge in [-0.15, -0.1) is 0 Å². The molecule has 1 atom stereocenters. The minimum Gasteiger partial charge on any atom is -0.354 e. The van der Waals surface area contributed by atoms with Crippen LogP contribution in [0, 0.1) is 11.7 Å². The molecule has 0 saturated carbocycles. The molecule has 1 aromatic rings. The number of carbonyl (C=O) groups is 2. The maximum Gasteiger partial charge on any atom is 0.242 e. The summed E-state index contributed by atoms with van der Waals surface area (Å²) in [5, 5.41) is 5.44. The van der Waals surface area contributed by atoms with Gasteiger partial charge in [-0.2, -0.15) is 0 Å². The number of benzene rings is 1. The molecule has 0 fully saturated rings. The summed E-state index contributed by atoms with van der Waals surface area (Å²) in [6.45, 7) is 4.25. The molecular weight excluding hydrogens is 285 g/mol. The number of nitrogens with zero attached hydrogens (tertiary/aromatic N) is 1. The summed E-state index contributed by atoms with van der Waals surface area (Å²) in [5.74, 6) is -0.866. The SMILES string of the molecule is CC(C)C(=O)NCCNC(=O)[C@@H](c1ccccc1F)N(C)C. The van der Waals surface area contributed by atoms with Crippen LogP contribution < -0.4 is 10.6 Å². The lowest BCUT2D eigenvalue weighted by Crippen LogP contribution is -2.41. The maximum atomic E-state index is 13.9. The highest BCUT2D eigenvalue weighted by Crippen LogP contribution is 2.21. The average molecular weight is 309 g/mol. The normalized spacial score (nSPS) is 12.3. The first-order chi connectivity index (χ1) is 10.3. The first-order valence-electron chi connectivity index (χ1n) is 7.31. The fourth-order valence-electron chi connectivity index (χ4n) is 2.02. The van der Waals surface area contributed by atoms with E-state index in [0.717, 1.165) is 0 Å². The fourth-order valence-corrected chi connectivity index (χ4v) is 2.02. The molecule has 0 aliphatic rings. The third kappa shape index (κ3) is 5.11. The summed E-state index contributed by atoms with van der Waals surface area (Å²) in [6.07, 6.45) is 0. The number of carbonyl (C=O) groups excluding carboxylic acids is 2. The van der Waals surface area contributed by atoms with Crippen LogP contribution in [0.25, 0.3) is 0 Å². The first kappa shape index (κ1) is 18.1. The van der Waals surface area contributed by atoms with Gasteiger partial charge in [0.2, 0.25) is 11.8 Å². The predicted octanol–water partition coefficient (Wildman–Crippen LogP) is 1.32. The predicted molar refractivity (Wildman–Crippen MR) is 83.7 cm³/mol. The van der Waals surface area contributed by atoms with Gasteiger partial charge in [0.15, 0.2) is 0 Å². The van der Waals surface area contributed by atoms with Crippen LogP contribution >= 0.6 is 0 Å². The molecule has 0 aromatic heterocycles. The summed E-state index contributed by atoms with van der Waals surface area (Å²) in [6, 6.07) is 5.51. The van der Waals surface area contributed by atoms with Crippen LogP contribution in [-0.2, 0) is 9.59 Å². The Bertz CT molecular complexity index is 518. The number of amides is 2. The Hall–Kier alpha value is -1.95. The zero-order valence-corrected chi connectivity index (χ0v) is 13.5. The number of likely N-dealkylation sites (N-methyl/N-ethyl adjacent to an activating group) is 1. The molecule has 0 radical (unpaired) electrons. The summed E-state index contributed by atoms with van der Waals surface area (Å²) in [4.78, 5) is 25.4. The van der Waals surface area contributed by atoms with Crippen molar-refractivity contribution in [1.82, 2.24) is 15.5 Å². The maximum absolute atomic E-state index is 13.9. The van der Waals surface area contributed by atoms with Crippen molar-refractivity contribution in [2.45, 2.75) is 19.9 Å². The van der Waals surface area contributed by atoms with Crippen LogP contribution in [0.3, 0.4) is 0 Å². The molecule has 2 N–H and O–H groups in total. The summed E-state index contributed by atoms with van der Waals surface area (Å²) >= 11 is 0. The van der Waals surface area contributed by atoms with Crippen molar-refractivity contribution in [3.05, 3.63) is 35.6 Å². The second-order valence-electron chi connectivity index (χ2n) is 5.62. The summed E-state index contributed by atoms with van der Waals surface area (Å²) in [5.41, 5.74) is 0.330. The monoisotopic (exact) mass is 309 g/mol. The molecule has 0 bridgehead atoms. The fraction of sp³-hybridized carbons (Fsp3) is 0.500. The standard InChI is InChI=1S/C16H24FN3O2/c1-11(2)15(21)18-9-10-19-16(22)14(20(3)4)12-7-5-6-8-13(12)17/h5-8,11,14H,9-10H2,1-4H3,(H,18,21)(H,19,22)/t14-/m1/s1. The molecule has 2 amide bonds. The highest BCUT2D eigenvalue weighted by molar-refractivity contribution is 5.83. The molecule has 0 spiro atoms. The van der Waals surface area contributed by atoms with E-state index in [4.69, 9.17) is 0 Å². The summed E-state index contributed by atoms with van der Waals surface area (Å²) < 4.78 is 13.9. The zero-order chi connectivity index (χ0) is 16.7. The molecule has 0 saturated heterocycles.